The summed E-state index contributed by atoms with van der Waals surface area (Å²) in [4.78, 5) is 85.5. The summed E-state index contributed by atoms with van der Waals surface area (Å²) < 4.78 is 0. The molecule has 0 aromatic heterocycles. The molecule has 0 bridgehead atoms. The Labute approximate surface area is 278 Å². The van der Waals surface area contributed by atoms with Gasteiger partial charge in [-0.3, -0.25) is 59.1 Å². The number of carbonyl (C=O) groups excluding carboxylic acids is 3. The number of hydrogen-bond acceptors (Lipinski definition) is 11. The second-order valence-electron chi connectivity index (χ2n) is 11.6. The SMILES string of the molecule is CC(C)C[C@@H](N)C(=O)NNC(=O)CCc1ccc(CNC(=O)CN(CCN(CC(=O)O)CC(=O)O)CCN(CC(=O)O)CC(=O)O)cc1. The van der Waals surface area contributed by atoms with Gasteiger partial charge in [0, 0.05) is 39.1 Å². The normalized spacial score (nSPS) is 11.8. The molecule has 9 N–H and O–H groups in total. The van der Waals surface area contributed by atoms with Crippen LogP contribution in [-0.4, -0.2) is 142 Å². The van der Waals surface area contributed by atoms with Crippen LogP contribution in [0.1, 0.15) is 37.8 Å². The van der Waals surface area contributed by atoms with Gasteiger partial charge in [-0.15, -0.1) is 0 Å². The summed E-state index contributed by atoms with van der Waals surface area (Å²) >= 11 is 0. The molecule has 0 saturated heterocycles. The molecule has 0 fully saturated rings. The monoisotopic (exact) mass is 681 g/mol. The number of benzene rings is 1. The van der Waals surface area contributed by atoms with Gasteiger partial charge in [-0.05, 0) is 29.9 Å². The summed E-state index contributed by atoms with van der Waals surface area (Å²) in [6.07, 6.45) is 0.984. The van der Waals surface area contributed by atoms with Crippen LogP contribution in [0.3, 0.4) is 0 Å². The number of nitrogens with two attached hydrogens (primary N) is 1. The molecule has 0 aliphatic heterocycles. The van der Waals surface area contributed by atoms with Crippen molar-refractivity contribution in [1.82, 2.24) is 30.9 Å². The number of hydrazine groups is 1. The van der Waals surface area contributed by atoms with Crippen molar-refractivity contribution in [3.63, 3.8) is 0 Å². The first-order chi connectivity index (χ1) is 22.5. The lowest BCUT2D eigenvalue weighted by atomic mass is 10.0. The van der Waals surface area contributed by atoms with E-state index in [2.05, 4.69) is 16.2 Å². The lowest BCUT2D eigenvalue weighted by molar-refractivity contribution is -0.143. The molecule has 0 aliphatic rings. The third-order valence-corrected chi connectivity index (χ3v) is 6.81. The van der Waals surface area contributed by atoms with Crippen LogP contribution in [0.5, 0.6) is 0 Å². The molecule has 1 aromatic rings. The topological polar surface area (TPSA) is 272 Å². The van der Waals surface area contributed by atoms with E-state index < -0.39 is 67.9 Å². The largest absolute Gasteiger partial charge is 0.480 e. The van der Waals surface area contributed by atoms with E-state index in [4.69, 9.17) is 26.2 Å². The Hall–Kier alpha value is -4.65. The average Bonchev–Trinajstić information content (AvgIpc) is 2.97. The van der Waals surface area contributed by atoms with Crippen molar-refractivity contribution in [2.75, 3.05) is 58.9 Å². The van der Waals surface area contributed by atoms with Gasteiger partial charge in [0.05, 0.1) is 38.8 Å². The van der Waals surface area contributed by atoms with Crippen LogP contribution in [0.4, 0.5) is 0 Å². The Morgan fingerprint density at radius 1 is 0.646 bits per heavy atom. The molecule has 1 rings (SSSR count). The predicted molar refractivity (Wildman–Crippen MR) is 170 cm³/mol. The van der Waals surface area contributed by atoms with Crippen molar-refractivity contribution in [2.24, 2.45) is 11.7 Å². The van der Waals surface area contributed by atoms with Gasteiger partial charge in [-0.1, -0.05) is 38.1 Å². The maximum Gasteiger partial charge on any atom is 0.317 e. The van der Waals surface area contributed by atoms with E-state index in [9.17, 15) is 33.6 Å². The first-order valence-corrected chi connectivity index (χ1v) is 15.3. The zero-order valence-electron chi connectivity index (χ0n) is 27.2. The molecule has 0 saturated carbocycles. The van der Waals surface area contributed by atoms with Crippen LogP contribution in [0.15, 0.2) is 24.3 Å². The van der Waals surface area contributed by atoms with Crippen molar-refractivity contribution in [2.45, 2.75) is 45.7 Å². The van der Waals surface area contributed by atoms with Gasteiger partial charge in [-0.25, -0.2) is 0 Å². The Balaban J connectivity index is 2.72. The van der Waals surface area contributed by atoms with E-state index in [1.165, 1.54) is 0 Å². The molecular formula is C30H47N7O11. The van der Waals surface area contributed by atoms with Crippen molar-refractivity contribution < 1.29 is 54.0 Å². The zero-order chi connectivity index (χ0) is 36.2. The summed E-state index contributed by atoms with van der Waals surface area (Å²) in [5.74, 6) is -6.02. The highest BCUT2D eigenvalue weighted by Crippen LogP contribution is 2.07. The highest BCUT2D eigenvalue weighted by Gasteiger charge is 2.20. The molecule has 48 heavy (non-hydrogen) atoms. The molecule has 0 unspecified atom stereocenters. The Morgan fingerprint density at radius 3 is 1.52 bits per heavy atom. The molecule has 0 radical (unpaired) electrons. The predicted octanol–water partition coefficient (Wildman–Crippen LogP) is -2.00. The van der Waals surface area contributed by atoms with E-state index in [1.807, 2.05) is 13.8 Å². The minimum Gasteiger partial charge on any atom is -0.480 e. The summed E-state index contributed by atoms with van der Waals surface area (Å²) in [6, 6.07) is 6.39. The molecule has 1 atom stereocenters. The molecule has 18 nitrogen and oxygen atoms in total. The third-order valence-electron chi connectivity index (χ3n) is 6.81. The number of hydrogen-bond donors (Lipinski definition) is 8. The Morgan fingerprint density at radius 2 is 1.08 bits per heavy atom. The van der Waals surface area contributed by atoms with Crippen LogP contribution < -0.4 is 21.9 Å². The minimum atomic E-state index is -1.24. The molecular weight excluding hydrogens is 634 g/mol. The molecule has 0 aliphatic carbocycles. The molecule has 3 amide bonds. The summed E-state index contributed by atoms with van der Waals surface area (Å²) in [5.41, 5.74) is 12.1. The number of nitrogens with zero attached hydrogens (tertiary/aromatic N) is 3. The number of nitrogens with one attached hydrogen (secondary N) is 3. The minimum absolute atomic E-state index is 0.0403. The quantitative estimate of drug-likeness (QED) is 0.0548. The van der Waals surface area contributed by atoms with Crippen LogP contribution in [-0.2, 0) is 46.5 Å². The number of aliphatic carboxylic acids is 4. The Kier molecular flexibility index (Phi) is 19.0. The van der Waals surface area contributed by atoms with Crippen LogP contribution >= 0.6 is 0 Å². The second-order valence-corrected chi connectivity index (χ2v) is 11.6. The fraction of sp³-hybridized carbons (Fsp3) is 0.567. The van der Waals surface area contributed by atoms with Gasteiger partial charge in [0.2, 0.25) is 11.8 Å². The van der Waals surface area contributed by atoms with E-state index in [0.717, 1.165) is 20.9 Å². The second kappa shape index (κ2) is 22.0. The maximum absolute atomic E-state index is 12.8. The van der Waals surface area contributed by atoms with Gasteiger partial charge in [0.1, 0.15) is 0 Å². The van der Waals surface area contributed by atoms with Crippen LogP contribution in [0.25, 0.3) is 0 Å². The smallest absolute Gasteiger partial charge is 0.317 e. The number of amides is 3. The Bertz CT molecular complexity index is 1170. The average molecular weight is 682 g/mol. The summed E-state index contributed by atoms with van der Waals surface area (Å²) in [7, 11) is 0. The maximum atomic E-state index is 12.8. The van der Waals surface area contributed by atoms with Crippen molar-refractivity contribution in [3.05, 3.63) is 35.4 Å². The lowest BCUT2D eigenvalue weighted by Gasteiger charge is -2.28. The molecule has 268 valence electrons. The number of carbonyl (C=O) groups is 7. The molecule has 1 aromatic carbocycles. The lowest BCUT2D eigenvalue weighted by Crippen LogP contribution is -2.49. The fourth-order valence-corrected chi connectivity index (χ4v) is 4.47. The molecule has 0 heterocycles. The third kappa shape index (κ3) is 19.8. The first-order valence-electron chi connectivity index (χ1n) is 15.3. The van der Waals surface area contributed by atoms with Crippen molar-refractivity contribution in [1.29, 1.82) is 0 Å². The number of carboxylic acids is 4. The fourth-order valence-electron chi connectivity index (χ4n) is 4.47. The van der Waals surface area contributed by atoms with Gasteiger partial charge < -0.3 is 31.5 Å². The van der Waals surface area contributed by atoms with Crippen LogP contribution in [0, 0.1) is 5.92 Å². The first kappa shape index (κ1) is 41.4. The molecule has 0 spiro atoms. The van der Waals surface area contributed by atoms with Gasteiger partial charge in [0.25, 0.3) is 5.91 Å². The van der Waals surface area contributed by atoms with Gasteiger partial charge in [-0.2, -0.15) is 0 Å². The highest BCUT2D eigenvalue weighted by molar-refractivity contribution is 5.85. The van der Waals surface area contributed by atoms with Crippen molar-refractivity contribution in [3.8, 4) is 0 Å². The van der Waals surface area contributed by atoms with Crippen LogP contribution in [0.2, 0.25) is 0 Å². The van der Waals surface area contributed by atoms with E-state index in [0.29, 0.717) is 12.8 Å². The number of aryl methyl sites for hydroxylation is 1. The summed E-state index contributed by atoms with van der Waals surface area (Å²) in [5, 5.41) is 39.2. The standard InChI is InChI=1S/C30H47N7O11/c1-20(2)13-23(31)30(48)34-33-24(38)8-7-21-3-5-22(6-4-21)14-32-25(39)15-35(9-11-36(16-26(40)41)17-27(42)43)10-12-37(18-28(44)45)19-29(46)47/h3-6,20,23H,7-19,31H2,1-2H3,(H,32,39)(H,33,38)(H,34,48)(H,40,41)(H,42,43)(H,44,45)(H,46,47)/t23-/m1/s1. The van der Waals surface area contributed by atoms with E-state index >= 15 is 0 Å². The van der Waals surface area contributed by atoms with E-state index in [1.54, 1.807) is 29.2 Å². The van der Waals surface area contributed by atoms with Gasteiger partial charge in [0.15, 0.2) is 0 Å². The van der Waals surface area contributed by atoms with Gasteiger partial charge >= 0.3 is 23.9 Å². The zero-order valence-corrected chi connectivity index (χ0v) is 27.2. The molecule has 18 heteroatoms. The summed E-state index contributed by atoms with van der Waals surface area (Å²) in [6.45, 7) is 1.58. The van der Waals surface area contributed by atoms with Crippen molar-refractivity contribution >= 4 is 41.6 Å². The number of carboxylic acid groups (broad SMARTS) is 4. The van der Waals surface area contributed by atoms with E-state index in [-0.39, 0.29) is 57.5 Å². The highest BCUT2D eigenvalue weighted by atomic mass is 16.4. The number of rotatable bonds is 24.